The molecule has 1 rings (SSSR count). The highest BCUT2D eigenvalue weighted by atomic mass is 19.2. The van der Waals surface area contributed by atoms with Crippen LogP contribution in [-0.2, 0) is 0 Å². The lowest BCUT2D eigenvalue weighted by molar-refractivity contribution is 0.0697. The largest absolute Gasteiger partial charge is 0.478 e. The molecule has 5 nitrogen and oxygen atoms in total. The molecule has 7 heteroatoms. The zero-order chi connectivity index (χ0) is 16.2. The molecule has 0 saturated carbocycles. The second kappa shape index (κ2) is 7.01. The highest BCUT2D eigenvalue weighted by Gasteiger charge is 2.19. The van der Waals surface area contributed by atoms with Crippen LogP contribution in [0.1, 0.15) is 37.6 Å². The van der Waals surface area contributed by atoms with E-state index in [1.807, 2.05) is 20.8 Å². The van der Waals surface area contributed by atoms with Crippen molar-refractivity contribution in [3.05, 3.63) is 29.3 Å². The van der Waals surface area contributed by atoms with Crippen molar-refractivity contribution < 1.29 is 23.5 Å². The third kappa shape index (κ3) is 4.40. The fourth-order valence-corrected chi connectivity index (χ4v) is 1.89. The number of carbonyl (C=O) groups is 2. The lowest BCUT2D eigenvalue weighted by Gasteiger charge is -2.21. The van der Waals surface area contributed by atoms with E-state index in [4.69, 9.17) is 5.11 Å². The second-order valence-corrected chi connectivity index (χ2v) is 4.97. The Kier molecular flexibility index (Phi) is 5.63. The minimum atomic E-state index is -1.46. The molecule has 0 saturated heterocycles. The summed E-state index contributed by atoms with van der Waals surface area (Å²) in [5, 5.41) is 13.8. The molecule has 21 heavy (non-hydrogen) atoms. The van der Waals surface area contributed by atoms with Crippen LogP contribution < -0.4 is 10.6 Å². The van der Waals surface area contributed by atoms with Crippen LogP contribution in [0.2, 0.25) is 0 Å². The number of carboxylic acid groups (broad SMARTS) is 1. The average Bonchev–Trinajstić information content (AvgIpc) is 2.39. The number of carboxylic acids is 1. The SMILES string of the molecule is CCC(NC(=O)Nc1cc(F)c(F)cc1C(=O)O)C(C)C. The summed E-state index contributed by atoms with van der Waals surface area (Å²) < 4.78 is 26.3. The number of rotatable bonds is 5. The summed E-state index contributed by atoms with van der Waals surface area (Å²) in [4.78, 5) is 22.8. The van der Waals surface area contributed by atoms with Gasteiger partial charge in [-0.2, -0.15) is 0 Å². The highest BCUT2D eigenvalue weighted by Crippen LogP contribution is 2.20. The number of carbonyl (C=O) groups excluding carboxylic acids is 1. The van der Waals surface area contributed by atoms with E-state index in [0.717, 1.165) is 0 Å². The monoisotopic (exact) mass is 300 g/mol. The first-order valence-corrected chi connectivity index (χ1v) is 6.56. The first-order valence-electron chi connectivity index (χ1n) is 6.56. The van der Waals surface area contributed by atoms with E-state index < -0.39 is 29.2 Å². The van der Waals surface area contributed by atoms with Gasteiger partial charge in [0, 0.05) is 12.1 Å². The molecule has 3 N–H and O–H groups in total. The van der Waals surface area contributed by atoms with Gasteiger partial charge in [0.25, 0.3) is 0 Å². The lowest BCUT2D eigenvalue weighted by atomic mass is 10.0. The van der Waals surface area contributed by atoms with Crippen LogP contribution >= 0.6 is 0 Å². The lowest BCUT2D eigenvalue weighted by Crippen LogP contribution is -2.40. The number of hydrogen-bond acceptors (Lipinski definition) is 2. The van der Waals surface area contributed by atoms with E-state index in [1.165, 1.54) is 0 Å². The second-order valence-electron chi connectivity index (χ2n) is 4.97. The summed E-state index contributed by atoms with van der Waals surface area (Å²) in [6.07, 6.45) is 0.689. The van der Waals surface area contributed by atoms with Gasteiger partial charge >= 0.3 is 12.0 Å². The van der Waals surface area contributed by atoms with Crippen molar-refractivity contribution in [2.24, 2.45) is 5.92 Å². The van der Waals surface area contributed by atoms with Crippen molar-refractivity contribution in [3.8, 4) is 0 Å². The van der Waals surface area contributed by atoms with E-state index in [-0.39, 0.29) is 17.6 Å². The van der Waals surface area contributed by atoms with Crippen molar-refractivity contribution in [2.75, 3.05) is 5.32 Å². The molecule has 0 aromatic heterocycles. The quantitative estimate of drug-likeness (QED) is 0.781. The van der Waals surface area contributed by atoms with Gasteiger partial charge in [0.05, 0.1) is 11.3 Å². The van der Waals surface area contributed by atoms with Gasteiger partial charge in [0.2, 0.25) is 0 Å². The molecule has 0 aliphatic rings. The molecule has 0 heterocycles. The smallest absolute Gasteiger partial charge is 0.337 e. The highest BCUT2D eigenvalue weighted by molar-refractivity contribution is 6.00. The van der Waals surface area contributed by atoms with Gasteiger partial charge in [-0.1, -0.05) is 20.8 Å². The first-order chi connectivity index (χ1) is 9.76. The van der Waals surface area contributed by atoms with Crippen molar-refractivity contribution in [1.82, 2.24) is 5.32 Å². The van der Waals surface area contributed by atoms with Gasteiger partial charge < -0.3 is 15.7 Å². The normalized spacial score (nSPS) is 12.1. The standard InChI is InChI=1S/C14H18F2N2O3/c1-4-11(7(2)3)17-14(21)18-12-6-10(16)9(15)5-8(12)13(19)20/h5-7,11H,4H2,1-3H3,(H,19,20)(H2,17,18,21). The predicted molar refractivity (Wildman–Crippen MR) is 74.4 cm³/mol. The summed E-state index contributed by atoms with van der Waals surface area (Å²) in [6.45, 7) is 5.74. The van der Waals surface area contributed by atoms with Crippen LogP contribution in [0, 0.1) is 17.6 Å². The topological polar surface area (TPSA) is 78.4 Å². The summed E-state index contributed by atoms with van der Waals surface area (Å²) in [5.41, 5.74) is -0.806. The van der Waals surface area contributed by atoms with E-state index in [2.05, 4.69) is 10.6 Å². The summed E-state index contributed by atoms with van der Waals surface area (Å²) >= 11 is 0. The zero-order valence-electron chi connectivity index (χ0n) is 12.0. The Bertz CT molecular complexity index is 547. The molecule has 0 aliphatic carbocycles. The van der Waals surface area contributed by atoms with E-state index >= 15 is 0 Å². The van der Waals surface area contributed by atoms with Gasteiger partial charge in [-0.05, 0) is 18.4 Å². The Labute approximate surface area is 121 Å². The number of anilines is 1. The minimum absolute atomic E-state index is 0.108. The van der Waals surface area contributed by atoms with Gasteiger partial charge in [0.1, 0.15) is 0 Å². The molecule has 0 fully saturated rings. The van der Waals surface area contributed by atoms with Crippen LogP contribution in [0.15, 0.2) is 12.1 Å². The number of nitrogens with one attached hydrogen (secondary N) is 2. The Balaban J connectivity index is 2.94. The summed E-state index contributed by atoms with van der Waals surface area (Å²) in [7, 11) is 0. The maximum atomic E-state index is 13.2. The fourth-order valence-electron chi connectivity index (χ4n) is 1.89. The molecule has 0 bridgehead atoms. The molecule has 2 amide bonds. The van der Waals surface area contributed by atoms with E-state index in [0.29, 0.717) is 18.6 Å². The predicted octanol–water partition coefficient (Wildman–Crippen LogP) is 3.22. The first kappa shape index (κ1) is 16.9. The maximum Gasteiger partial charge on any atom is 0.337 e. The fraction of sp³-hybridized carbons (Fsp3) is 0.429. The zero-order valence-corrected chi connectivity index (χ0v) is 12.0. The van der Waals surface area contributed by atoms with Crippen LogP contribution in [0.3, 0.4) is 0 Å². The van der Waals surface area contributed by atoms with Crippen LogP contribution in [0.5, 0.6) is 0 Å². The molecule has 0 aliphatic heterocycles. The minimum Gasteiger partial charge on any atom is -0.478 e. The molecule has 1 aromatic rings. The van der Waals surface area contributed by atoms with Gasteiger partial charge in [-0.25, -0.2) is 18.4 Å². The molecule has 1 atom stereocenters. The van der Waals surface area contributed by atoms with Gasteiger partial charge in [-0.3, -0.25) is 0 Å². The van der Waals surface area contributed by atoms with Crippen molar-refractivity contribution >= 4 is 17.7 Å². The Morgan fingerprint density at radius 2 is 1.81 bits per heavy atom. The third-order valence-corrected chi connectivity index (χ3v) is 3.10. The van der Waals surface area contributed by atoms with Crippen molar-refractivity contribution in [1.29, 1.82) is 0 Å². The number of urea groups is 1. The Morgan fingerprint density at radius 3 is 2.29 bits per heavy atom. The number of halogens is 2. The molecular weight excluding hydrogens is 282 g/mol. The number of amides is 2. The number of aromatic carboxylic acids is 1. The molecule has 1 aromatic carbocycles. The van der Waals surface area contributed by atoms with E-state index in [1.54, 1.807) is 0 Å². The van der Waals surface area contributed by atoms with Crippen LogP contribution in [0.4, 0.5) is 19.3 Å². The van der Waals surface area contributed by atoms with E-state index in [9.17, 15) is 18.4 Å². The summed E-state index contributed by atoms with van der Waals surface area (Å²) in [6, 6.07) is 0.412. The average molecular weight is 300 g/mol. The van der Waals surface area contributed by atoms with Crippen molar-refractivity contribution in [2.45, 2.75) is 33.2 Å². The molecule has 1 unspecified atom stereocenters. The number of hydrogen-bond donors (Lipinski definition) is 3. The Hall–Kier alpha value is -2.18. The van der Waals surface area contributed by atoms with Gasteiger partial charge in [-0.15, -0.1) is 0 Å². The summed E-state index contributed by atoms with van der Waals surface area (Å²) in [5.74, 6) is -3.79. The molecular formula is C14H18F2N2O3. The van der Waals surface area contributed by atoms with Crippen LogP contribution in [-0.4, -0.2) is 23.1 Å². The maximum absolute atomic E-state index is 13.2. The number of benzene rings is 1. The van der Waals surface area contributed by atoms with Crippen molar-refractivity contribution in [3.63, 3.8) is 0 Å². The van der Waals surface area contributed by atoms with Gasteiger partial charge in [0.15, 0.2) is 11.6 Å². The molecule has 116 valence electrons. The molecule has 0 spiro atoms. The Morgan fingerprint density at radius 1 is 1.24 bits per heavy atom. The third-order valence-electron chi connectivity index (χ3n) is 3.10. The molecule has 0 radical (unpaired) electrons. The van der Waals surface area contributed by atoms with Crippen LogP contribution in [0.25, 0.3) is 0 Å².